The Kier molecular flexibility index (Phi) is 5.94. The fourth-order valence-corrected chi connectivity index (χ4v) is 4.20. The molecule has 7 heteroatoms. The molecule has 1 aromatic heterocycles. The molecule has 1 atom stereocenters. The van der Waals surface area contributed by atoms with Crippen LogP contribution >= 0.6 is 15.9 Å². The van der Waals surface area contributed by atoms with Gasteiger partial charge in [0.2, 0.25) is 0 Å². The number of allylic oxidation sites excluding steroid dienone is 1. The van der Waals surface area contributed by atoms with Gasteiger partial charge < -0.3 is 15.4 Å². The number of nitrogens with one attached hydrogen (secondary N) is 2. The SMILES string of the molecule is COc1ccc(C2=C[C@@H](c3ccc(Br)cc3)n3ncc(C(=O)Nc4ccc(C)cc4)c3N2)cc1. The lowest BCUT2D eigenvalue weighted by Crippen LogP contribution is -2.22. The quantitative estimate of drug-likeness (QED) is 0.329. The topological polar surface area (TPSA) is 68.2 Å². The number of nitrogens with zero attached hydrogens (tertiary/aromatic N) is 2. The van der Waals surface area contributed by atoms with E-state index in [-0.39, 0.29) is 11.9 Å². The number of rotatable bonds is 5. The lowest BCUT2D eigenvalue weighted by atomic mass is 10.0. The molecule has 1 amide bonds. The van der Waals surface area contributed by atoms with Crippen molar-refractivity contribution in [3.8, 4) is 5.75 Å². The van der Waals surface area contributed by atoms with Gasteiger partial charge in [-0.25, -0.2) is 4.68 Å². The second-order valence-electron chi connectivity index (χ2n) is 8.10. The molecule has 2 N–H and O–H groups in total. The standard InChI is InChI=1S/C27H23BrN4O2/c1-17-3-11-21(12-4-17)30-27(33)23-16-29-32-25(19-5-9-20(28)10-6-19)15-24(31-26(23)32)18-7-13-22(34-2)14-8-18/h3-16,25,31H,1-2H3,(H,30,33)/t25-/m0/s1. The highest BCUT2D eigenvalue weighted by molar-refractivity contribution is 9.10. The van der Waals surface area contributed by atoms with Gasteiger partial charge in [0.05, 0.1) is 19.3 Å². The second-order valence-corrected chi connectivity index (χ2v) is 9.02. The van der Waals surface area contributed by atoms with Gasteiger partial charge in [-0.15, -0.1) is 0 Å². The number of aryl methyl sites for hydroxylation is 1. The maximum Gasteiger partial charge on any atom is 0.261 e. The third kappa shape index (κ3) is 4.34. The summed E-state index contributed by atoms with van der Waals surface area (Å²) in [6.07, 6.45) is 3.73. The zero-order chi connectivity index (χ0) is 23.7. The minimum absolute atomic E-state index is 0.178. The van der Waals surface area contributed by atoms with Crippen LogP contribution in [-0.4, -0.2) is 22.8 Å². The lowest BCUT2D eigenvalue weighted by Gasteiger charge is -2.26. The number of hydrogen-bond acceptors (Lipinski definition) is 4. The molecule has 0 saturated carbocycles. The summed E-state index contributed by atoms with van der Waals surface area (Å²) in [5.41, 5.74) is 5.29. The largest absolute Gasteiger partial charge is 0.497 e. The van der Waals surface area contributed by atoms with Crippen LogP contribution in [0, 0.1) is 6.92 Å². The average molecular weight is 515 g/mol. The zero-order valence-electron chi connectivity index (χ0n) is 18.7. The number of ether oxygens (including phenoxy) is 1. The van der Waals surface area contributed by atoms with E-state index in [0.717, 1.165) is 38.3 Å². The Morgan fingerprint density at radius 2 is 1.74 bits per heavy atom. The van der Waals surface area contributed by atoms with Crippen LogP contribution in [0.25, 0.3) is 5.70 Å². The average Bonchev–Trinajstić information content (AvgIpc) is 3.30. The van der Waals surface area contributed by atoms with E-state index in [2.05, 4.69) is 49.9 Å². The Morgan fingerprint density at radius 3 is 2.41 bits per heavy atom. The van der Waals surface area contributed by atoms with E-state index in [1.165, 1.54) is 0 Å². The molecule has 170 valence electrons. The molecule has 2 heterocycles. The summed E-state index contributed by atoms with van der Waals surface area (Å²) in [5, 5.41) is 11.0. The second kappa shape index (κ2) is 9.19. The van der Waals surface area contributed by atoms with Crippen molar-refractivity contribution in [2.75, 3.05) is 17.7 Å². The maximum atomic E-state index is 13.2. The van der Waals surface area contributed by atoms with E-state index in [4.69, 9.17) is 4.74 Å². The van der Waals surface area contributed by atoms with E-state index in [1.807, 2.05) is 72.3 Å². The number of benzene rings is 3. The van der Waals surface area contributed by atoms with Gasteiger partial charge in [-0.2, -0.15) is 5.10 Å². The van der Waals surface area contributed by atoms with Crippen molar-refractivity contribution in [2.24, 2.45) is 0 Å². The number of hydrogen-bond donors (Lipinski definition) is 2. The van der Waals surface area contributed by atoms with Crippen LogP contribution in [0.3, 0.4) is 0 Å². The van der Waals surface area contributed by atoms with Gasteiger partial charge in [0.15, 0.2) is 0 Å². The van der Waals surface area contributed by atoms with Gasteiger partial charge in [-0.1, -0.05) is 45.8 Å². The van der Waals surface area contributed by atoms with Gasteiger partial charge in [0.25, 0.3) is 5.91 Å². The molecule has 6 nitrogen and oxygen atoms in total. The molecule has 34 heavy (non-hydrogen) atoms. The first-order valence-electron chi connectivity index (χ1n) is 10.9. The van der Waals surface area contributed by atoms with Crippen LogP contribution in [0.1, 0.15) is 33.1 Å². The lowest BCUT2D eigenvalue weighted by molar-refractivity contribution is 0.102. The summed E-state index contributed by atoms with van der Waals surface area (Å²) in [7, 11) is 1.65. The van der Waals surface area contributed by atoms with Crippen molar-refractivity contribution in [2.45, 2.75) is 13.0 Å². The Balaban J connectivity index is 1.54. The molecule has 5 rings (SSSR count). The summed E-state index contributed by atoms with van der Waals surface area (Å²) in [6.45, 7) is 2.01. The minimum atomic E-state index is -0.219. The predicted octanol–water partition coefficient (Wildman–Crippen LogP) is 6.27. The molecule has 1 aliphatic heterocycles. The summed E-state index contributed by atoms with van der Waals surface area (Å²) < 4.78 is 8.16. The molecular formula is C27H23BrN4O2. The molecular weight excluding hydrogens is 492 g/mol. The first-order chi connectivity index (χ1) is 16.5. The number of carbonyl (C=O) groups is 1. The zero-order valence-corrected chi connectivity index (χ0v) is 20.3. The van der Waals surface area contributed by atoms with Crippen LogP contribution in [0.15, 0.2) is 89.5 Å². The van der Waals surface area contributed by atoms with Crippen molar-refractivity contribution in [3.05, 3.63) is 112 Å². The third-order valence-electron chi connectivity index (χ3n) is 5.80. The molecule has 0 saturated heterocycles. The van der Waals surface area contributed by atoms with E-state index in [0.29, 0.717) is 11.4 Å². The highest BCUT2D eigenvalue weighted by Gasteiger charge is 2.28. The number of halogens is 1. The predicted molar refractivity (Wildman–Crippen MR) is 138 cm³/mol. The van der Waals surface area contributed by atoms with Crippen molar-refractivity contribution in [3.63, 3.8) is 0 Å². The highest BCUT2D eigenvalue weighted by Crippen LogP contribution is 2.36. The van der Waals surface area contributed by atoms with Crippen LogP contribution in [-0.2, 0) is 0 Å². The summed E-state index contributed by atoms with van der Waals surface area (Å²) in [4.78, 5) is 13.2. The minimum Gasteiger partial charge on any atom is -0.497 e. The van der Waals surface area contributed by atoms with Gasteiger partial charge in [0.1, 0.15) is 17.1 Å². The van der Waals surface area contributed by atoms with Gasteiger partial charge in [-0.3, -0.25) is 4.79 Å². The van der Waals surface area contributed by atoms with Crippen LogP contribution in [0.5, 0.6) is 5.75 Å². The Hall–Kier alpha value is -3.84. The van der Waals surface area contributed by atoms with Crippen molar-refractivity contribution >= 4 is 39.0 Å². The highest BCUT2D eigenvalue weighted by atomic mass is 79.9. The van der Waals surface area contributed by atoms with Gasteiger partial charge >= 0.3 is 0 Å². The fraction of sp³-hybridized carbons (Fsp3) is 0.111. The molecule has 0 bridgehead atoms. The van der Waals surface area contributed by atoms with Crippen LogP contribution < -0.4 is 15.4 Å². The number of aromatic nitrogens is 2. The Morgan fingerprint density at radius 1 is 1.03 bits per heavy atom. The Labute approximate surface area is 206 Å². The van der Waals surface area contributed by atoms with Crippen molar-refractivity contribution in [1.29, 1.82) is 0 Å². The van der Waals surface area contributed by atoms with E-state index >= 15 is 0 Å². The molecule has 0 fully saturated rings. The smallest absolute Gasteiger partial charge is 0.261 e. The van der Waals surface area contributed by atoms with E-state index < -0.39 is 0 Å². The normalized spacial score (nSPS) is 14.6. The number of methoxy groups -OCH3 is 1. The maximum absolute atomic E-state index is 13.2. The number of carbonyl (C=O) groups excluding carboxylic acids is 1. The number of amides is 1. The van der Waals surface area contributed by atoms with Gasteiger partial charge in [-0.05, 0) is 72.7 Å². The Bertz CT molecular complexity index is 1360. The number of anilines is 2. The van der Waals surface area contributed by atoms with Gasteiger partial charge in [0, 0.05) is 15.9 Å². The summed E-state index contributed by atoms with van der Waals surface area (Å²) in [6, 6.07) is 23.5. The monoisotopic (exact) mass is 514 g/mol. The molecule has 3 aromatic carbocycles. The molecule has 0 aliphatic carbocycles. The van der Waals surface area contributed by atoms with Crippen molar-refractivity contribution in [1.82, 2.24) is 9.78 Å². The van der Waals surface area contributed by atoms with Crippen LogP contribution in [0.2, 0.25) is 0 Å². The third-order valence-corrected chi connectivity index (χ3v) is 6.33. The fourth-order valence-electron chi connectivity index (χ4n) is 3.93. The molecule has 0 spiro atoms. The molecule has 0 radical (unpaired) electrons. The van der Waals surface area contributed by atoms with E-state index in [9.17, 15) is 4.79 Å². The summed E-state index contributed by atoms with van der Waals surface area (Å²) >= 11 is 3.51. The molecule has 0 unspecified atom stereocenters. The van der Waals surface area contributed by atoms with E-state index in [1.54, 1.807) is 13.3 Å². The van der Waals surface area contributed by atoms with Crippen molar-refractivity contribution < 1.29 is 9.53 Å². The molecule has 4 aromatic rings. The molecule has 1 aliphatic rings. The van der Waals surface area contributed by atoms with Crippen LogP contribution in [0.4, 0.5) is 11.5 Å². The number of fused-ring (bicyclic) bond motifs is 1. The summed E-state index contributed by atoms with van der Waals surface area (Å²) in [5.74, 6) is 1.21. The first kappa shape index (κ1) is 22.0. The first-order valence-corrected chi connectivity index (χ1v) is 11.7.